The third kappa shape index (κ3) is 3.52. The molecule has 0 unspecified atom stereocenters. The van der Waals surface area contributed by atoms with E-state index in [1.165, 1.54) is 0 Å². The van der Waals surface area contributed by atoms with E-state index in [2.05, 4.69) is 15.3 Å². The zero-order valence-electron chi connectivity index (χ0n) is 13.0. The maximum absolute atomic E-state index is 12.4. The minimum absolute atomic E-state index is 0.266. The molecule has 3 aromatic rings. The molecule has 0 fully saturated rings. The highest BCUT2D eigenvalue weighted by molar-refractivity contribution is 6.33. The summed E-state index contributed by atoms with van der Waals surface area (Å²) in [7, 11) is 1.85. The predicted molar refractivity (Wildman–Crippen MR) is 95.9 cm³/mol. The fraction of sp³-hybridized carbons (Fsp3) is 0.0556. The molecule has 1 aromatic heterocycles. The molecule has 6 heteroatoms. The average molecular weight is 339 g/mol. The molecule has 5 nitrogen and oxygen atoms in total. The number of hydrogen-bond acceptors (Lipinski definition) is 4. The summed E-state index contributed by atoms with van der Waals surface area (Å²) in [6, 6.07) is 18.3. The summed E-state index contributed by atoms with van der Waals surface area (Å²) in [6.07, 6.45) is 1.56. The van der Waals surface area contributed by atoms with Gasteiger partial charge in [0.05, 0.1) is 10.7 Å². The molecule has 0 aliphatic rings. The Kier molecular flexibility index (Phi) is 4.72. The van der Waals surface area contributed by atoms with Gasteiger partial charge in [0.25, 0.3) is 5.91 Å². The molecule has 1 N–H and O–H groups in total. The van der Waals surface area contributed by atoms with Crippen LogP contribution in [0.25, 0.3) is 0 Å². The summed E-state index contributed by atoms with van der Waals surface area (Å²) in [5, 5.41) is 3.23. The van der Waals surface area contributed by atoms with E-state index in [4.69, 9.17) is 11.6 Å². The van der Waals surface area contributed by atoms with Gasteiger partial charge in [-0.3, -0.25) is 4.79 Å². The molecular formula is C18H15ClN4O. The fourth-order valence-electron chi connectivity index (χ4n) is 2.15. The van der Waals surface area contributed by atoms with Crippen LogP contribution in [0.4, 0.5) is 17.3 Å². The van der Waals surface area contributed by atoms with E-state index in [-0.39, 0.29) is 11.6 Å². The Balaban J connectivity index is 1.83. The Morgan fingerprint density at radius 2 is 1.75 bits per heavy atom. The van der Waals surface area contributed by atoms with Crippen molar-refractivity contribution < 1.29 is 4.79 Å². The number of aromatic nitrogens is 2. The molecule has 0 atom stereocenters. The molecule has 24 heavy (non-hydrogen) atoms. The van der Waals surface area contributed by atoms with Crippen molar-refractivity contribution in [3.63, 3.8) is 0 Å². The van der Waals surface area contributed by atoms with Crippen LogP contribution in [0.1, 0.15) is 10.5 Å². The van der Waals surface area contributed by atoms with Crippen LogP contribution in [0.3, 0.4) is 0 Å². The lowest BCUT2D eigenvalue weighted by molar-refractivity contribution is 0.102. The van der Waals surface area contributed by atoms with Gasteiger partial charge >= 0.3 is 0 Å². The summed E-state index contributed by atoms with van der Waals surface area (Å²) in [5.41, 5.74) is 1.74. The average Bonchev–Trinajstić information content (AvgIpc) is 2.64. The van der Waals surface area contributed by atoms with Crippen LogP contribution in [0.15, 0.2) is 66.9 Å². The summed E-state index contributed by atoms with van der Waals surface area (Å²) in [6.45, 7) is 0. The quantitative estimate of drug-likeness (QED) is 0.776. The van der Waals surface area contributed by atoms with Gasteiger partial charge in [-0.1, -0.05) is 41.9 Å². The van der Waals surface area contributed by atoms with E-state index in [9.17, 15) is 4.79 Å². The normalized spacial score (nSPS) is 10.2. The number of benzene rings is 2. The van der Waals surface area contributed by atoms with E-state index < -0.39 is 0 Å². The number of carbonyl (C=O) groups is 1. The smallest absolute Gasteiger partial charge is 0.274 e. The van der Waals surface area contributed by atoms with Gasteiger partial charge in [-0.25, -0.2) is 9.97 Å². The third-order valence-corrected chi connectivity index (χ3v) is 3.77. The summed E-state index contributed by atoms with van der Waals surface area (Å²) in [4.78, 5) is 22.8. The van der Waals surface area contributed by atoms with E-state index >= 15 is 0 Å². The van der Waals surface area contributed by atoms with Crippen molar-refractivity contribution in [1.29, 1.82) is 0 Å². The predicted octanol–water partition coefficient (Wildman–Crippen LogP) is 4.15. The number of nitrogens with one attached hydrogen (secondary N) is 1. The zero-order valence-corrected chi connectivity index (χ0v) is 13.7. The van der Waals surface area contributed by atoms with Gasteiger partial charge in [-0.05, 0) is 30.3 Å². The highest BCUT2D eigenvalue weighted by Gasteiger charge is 2.13. The molecule has 0 saturated heterocycles. The van der Waals surface area contributed by atoms with Crippen LogP contribution >= 0.6 is 11.6 Å². The van der Waals surface area contributed by atoms with Gasteiger partial charge in [0.1, 0.15) is 5.69 Å². The minimum atomic E-state index is -0.340. The van der Waals surface area contributed by atoms with Crippen LogP contribution in [0.5, 0.6) is 0 Å². The highest BCUT2D eigenvalue weighted by Crippen LogP contribution is 2.22. The summed E-state index contributed by atoms with van der Waals surface area (Å²) >= 11 is 6.06. The van der Waals surface area contributed by atoms with Crippen molar-refractivity contribution >= 4 is 34.8 Å². The number of carbonyl (C=O) groups excluding carboxylic acids is 1. The Hall–Kier alpha value is -2.92. The molecule has 1 heterocycles. The van der Waals surface area contributed by atoms with E-state index in [1.54, 1.807) is 36.5 Å². The highest BCUT2D eigenvalue weighted by atomic mass is 35.5. The molecule has 0 bridgehead atoms. The van der Waals surface area contributed by atoms with Crippen LogP contribution < -0.4 is 10.2 Å². The molecule has 0 saturated carbocycles. The van der Waals surface area contributed by atoms with E-state index in [1.807, 2.05) is 42.3 Å². The van der Waals surface area contributed by atoms with Crippen LogP contribution in [0.2, 0.25) is 5.02 Å². The van der Waals surface area contributed by atoms with Crippen molar-refractivity contribution in [3.8, 4) is 0 Å². The van der Waals surface area contributed by atoms with Gasteiger partial charge in [0.15, 0.2) is 0 Å². The summed E-state index contributed by atoms with van der Waals surface area (Å²) < 4.78 is 0. The number of nitrogens with zero attached hydrogens (tertiary/aromatic N) is 3. The van der Waals surface area contributed by atoms with E-state index in [0.717, 1.165) is 5.69 Å². The molecular weight excluding hydrogens is 324 g/mol. The molecule has 3 rings (SSSR count). The Morgan fingerprint density at radius 3 is 2.50 bits per heavy atom. The Morgan fingerprint density at radius 1 is 1.04 bits per heavy atom. The number of rotatable bonds is 4. The number of halogens is 1. The fourth-order valence-corrected chi connectivity index (χ4v) is 2.34. The molecule has 0 spiro atoms. The first-order chi connectivity index (χ1) is 11.6. The first-order valence-electron chi connectivity index (χ1n) is 7.33. The van der Waals surface area contributed by atoms with E-state index in [0.29, 0.717) is 16.7 Å². The van der Waals surface area contributed by atoms with Gasteiger partial charge in [-0.2, -0.15) is 0 Å². The lowest BCUT2D eigenvalue weighted by Gasteiger charge is -2.17. The van der Waals surface area contributed by atoms with Crippen LogP contribution in [-0.2, 0) is 0 Å². The van der Waals surface area contributed by atoms with Crippen molar-refractivity contribution in [2.24, 2.45) is 0 Å². The molecule has 0 radical (unpaired) electrons. The second kappa shape index (κ2) is 7.10. The van der Waals surface area contributed by atoms with Gasteiger partial charge in [-0.15, -0.1) is 0 Å². The van der Waals surface area contributed by atoms with Crippen molar-refractivity contribution in [3.05, 3.63) is 77.6 Å². The lowest BCUT2D eigenvalue weighted by atomic mass is 10.3. The zero-order chi connectivity index (χ0) is 16.9. The Labute approximate surface area is 144 Å². The first kappa shape index (κ1) is 16.0. The molecule has 0 aliphatic carbocycles. The summed E-state index contributed by atoms with van der Waals surface area (Å²) in [5.74, 6) is 0.0984. The topological polar surface area (TPSA) is 58.1 Å². The lowest BCUT2D eigenvalue weighted by Crippen LogP contribution is -2.18. The maximum Gasteiger partial charge on any atom is 0.274 e. The van der Waals surface area contributed by atoms with Crippen molar-refractivity contribution in [2.45, 2.75) is 0 Å². The van der Waals surface area contributed by atoms with Crippen LogP contribution in [-0.4, -0.2) is 22.9 Å². The number of amides is 1. The third-order valence-electron chi connectivity index (χ3n) is 3.44. The largest absolute Gasteiger partial charge is 0.319 e. The van der Waals surface area contributed by atoms with Gasteiger partial charge in [0, 0.05) is 18.9 Å². The first-order valence-corrected chi connectivity index (χ1v) is 7.70. The second-order valence-electron chi connectivity index (χ2n) is 5.07. The SMILES string of the molecule is CN(c1ccccc1)c1nccc(C(=O)Nc2ccccc2Cl)n1. The number of anilines is 3. The standard InChI is InChI=1S/C18H15ClN4O/c1-23(13-7-3-2-4-8-13)18-20-12-11-16(22-18)17(24)21-15-10-6-5-9-14(15)19/h2-12H,1H3,(H,21,24). The second-order valence-corrected chi connectivity index (χ2v) is 5.48. The number of hydrogen-bond donors (Lipinski definition) is 1. The van der Waals surface area contributed by atoms with Gasteiger partial charge in [0.2, 0.25) is 5.95 Å². The molecule has 2 aromatic carbocycles. The maximum atomic E-state index is 12.4. The van der Waals surface area contributed by atoms with Crippen LogP contribution in [0, 0.1) is 0 Å². The Bertz CT molecular complexity index is 854. The van der Waals surface area contributed by atoms with Crippen molar-refractivity contribution in [2.75, 3.05) is 17.3 Å². The molecule has 1 amide bonds. The van der Waals surface area contributed by atoms with Crippen molar-refractivity contribution in [1.82, 2.24) is 9.97 Å². The minimum Gasteiger partial charge on any atom is -0.319 e. The van der Waals surface area contributed by atoms with Gasteiger partial charge < -0.3 is 10.2 Å². The molecule has 0 aliphatic heterocycles. The monoisotopic (exact) mass is 338 g/mol. The number of para-hydroxylation sites is 2. The molecule has 120 valence electrons.